The number of benzene rings is 4. The first-order valence-corrected chi connectivity index (χ1v) is 36.6. The van der Waals surface area contributed by atoms with E-state index in [1.54, 1.807) is 6.20 Å². The molecule has 0 aliphatic carbocycles. The number of aromatic nitrogens is 6. The molecular formula is C88H97N9O2. The third kappa shape index (κ3) is 24.4. The lowest BCUT2D eigenvalue weighted by Crippen LogP contribution is -2.14. The van der Waals surface area contributed by atoms with Crippen LogP contribution in [-0.2, 0) is 12.8 Å². The van der Waals surface area contributed by atoms with Gasteiger partial charge in [-0.2, -0.15) is 0 Å². The predicted octanol–water partition coefficient (Wildman–Crippen LogP) is 22.4. The lowest BCUT2D eigenvalue weighted by molar-refractivity contribution is 0.301. The van der Waals surface area contributed by atoms with Gasteiger partial charge in [0.1, 0.15) is 17.2 Å². The standard InChI is InChI=1S/C88H97N9O2/c1-3-97(4-2)96-95-77-68-81(72-53-58-78(59-54-72)98-66-31-21-17-13-9-5-7-11-15-19-23-36-74-38-33-44-86(92-74)83-41-25-28-63-89-83)80(62-52-71-49-47-70(48-50-71)51-57-76-40-35-46-88(94-76)85-43-27-30-65-91-85)82(69-77)73-55-60-79(61-56-73)99-67-32-22-18-14-10-6-8-12-16-20-24-37-75-39-34-45-87(93-75)84-42-26-29-64-90-84/h25-30,33-35,38-50,53-56,58-61,63-65,68-69H,3-24,31-32,36-37,66-67H2,1-2H3. The molecule has 0 radical (unpaired) electrons. The Labute approximate surface area is 589 Å². The quantitative estimate of drug-likeness (QED) is 0.0160. The molecule has 0 saturated carbocycles. The summed E-state index contributed by atoms with van der Waals surface area (Å²) in [6, 6.07) is 65.4. The summed E-state index contributed by atoms with van der Waals surface area (Å²) >= 11 is 0. The van der Waals surface area contributed by atoms with Crippen LogP contribution in [0.4, 0.5) is 5.69 Å². The van der Waals surface area contributed by atoms with Crippen molar-refractivity contribution in [2.24, 2.45) is 10.3 Å². The molecule has 0 bridgehead atoms. The van der Waals surface area contributed by atoms with E-state index >= 15 is 0 Å². The molecular weight excluding hydrogens is 1220 g/mol. The number of unbranched alkanes of at least 4 members (excludes halogenated alkanes) is 20. The van der Waals surface area contributed by atoms with Crippen LogP contribution >= 0.6 is 0 Å². The minimum Gasteiger partial charge on any atom is -0.494 e. The largest absolute Gasteiger partial charge is 0.494 e. The van der Waals surface area contributed by atoms with Crippen molar-refractivity contribution in [3.8, 4) is 91.6 Å². The fourth-order valence-electron chi connectivity index (χ4n) is 12.2. The van der Waals surface area contributed by atoms with Crippen LogP contribution in [0.3, 0.4) is 0 Å². The number of hydrogen-bond donors (Lipinski definition) is 0. The zero-order valence-corrected chi connectivity index (χ0v) is 58.3. The molecule has 0 unspecified atom stereocenters. The van der Waals surface area contributed by atoms with Crippen LogP contribution in [-0.4, -0.2) is 61.2 Å². The molecule has 6 heterocycles. The Hall–Kier alpha value is -10.1. The molecule has 0 saturated heterocycles. The van der Waals surface area contributed by atoms with Gasteiger partial charge in [0.25, 0.3) is 0 Å². The lowest BCUT2D eigenvalue weighted by Gasteiger charge is -2.15. The Morgan fingerprint density at radius 1 is 0.343 bits per heavy atom. The molecule has 10 rings (SSSR count). The highest BCUT2D eigenvalue weighted by atomic mass is 16.5. The number of rotatable bonds is 39. The van der Waals surface area contributed by atoms with Gasteiger partial charge in [-0.15, -0.1) is 5.11 Å². The fourth-order valence-corrected chi connectivity index (χ4v) is 12.2. The van der Waals surface area contributed by atoms with Gasteiger partial charge in [-0.1, -0.05) is 199 Å². The van der Waals surface area contributed by atoms with Crippen molar-refractivity contribution in [2.75, 3.05) is 26.3 Å². The van der Waals surface area contributed by atoms with Gasteiger partial charge in [0.15, 0.2) is 0 Å². The van der Waals surface area contributed by atoms with Crippen LogP contribution in [0, 0.1) is 23.7 Å². The molecule has 506 valence electrons. The van der Waals surface area contributed by atoms with Crippen LogP contribution in [0.25, 0.3) is 56.4 Å². The van der Waals surface area contributed by atoms with Crippen LogP contribution < -0.4 is 9.47 Å². The van der Waals surface area contributed by atoms with Crippen molar-refractivity contribution in [3.63, 3.8) is 0 Å². The van der Waals surface area contributed by atoms with Crippen LogP contribution in [0.5, 0.6) is 11.5 Å². The Morgan fingerprint density at radius 2 is 0.717 bits per heavy atom. The molecule has 0 atom stereocenters. The summed E-state index contributed by atoms with van der Waals surface area (Å²) in [6.07, 6.45) is 34.9. The molecule has 0 fully saturated rings. The molecule has 4 aromatic carbocycles. The summed E-state index contributed by atoms with van der Waals surface area (Å²) < 4.78 is 12.7. The third-order valence-electron chi connectivity index (χ3n) is 17.9. The lowest BCUT2D eigenvalue weighted by atomic mass is 9.91. The highest BCUT2D eigenvalue weighted by molar-refractivity contribution is 5.86. The summed E-state index contributed by atoms with van der Waals surface area (Å²) in [4.78, 5) is 27.9. The van der Waals surface area contributed by atoms with Gasteiger partial charge < -0.3 is 9.47 Å². The van der Waals surface area contributed by atoms with E-state index in [1.165, 1.54) is 128 Å². The molecule has 0 N–H and O–H groups in total. The predicted molar refractivity (Wildman–Crippen MR) is 406 cm³/mol. The SMILES string of the molecule is CCN(CC)N=Nc1cc(-c2ccc(OCCCCCCCCCCCCCc3cccc(-c4ccccn4)n3)cc2)c(C#Cc2ccc(C#Cc3cccc(-c4ccccn4)n3)cc2)c(-c2ccc(OCCCCCCCCCCCCCc3cccc(-c4ccccn4)n3)cc2)c1. The van der Waals surface area contributed by atoms with Crippen molar-refractivity contribution in [2.45, 2.75) is 168 Å². The molecule has 0 aliphatic rings. The van der Waals surface area contributed by atoms with E-state index in [0.29, 0.717) is 18.9 Å². The first kappa shape index (κ1) is 71.7. The van der Waals surface area contributed by atoms with E-state index < -0.39 is 0 Å². The van der Waals surface area contributed by atoms with Crippen molar-refractivity contribution in [1.29, 1.82) is 0 Å². The van der Waals surface area contributed by atoms with E-state index in [2.05, 4.69) is 143 Å². The van der Waals surface area contributed by atoms with Crippen LogP contribution in [0.1, 0.15) is 189 Å². The van der Waals surface area contributed by atoms with Crippen molar-refractivity contribution in [3.05, 3.63) is 246 Å². The van der Waals surface area contributed by atoms with Crippen molar-refractivity contribution >= 4 is 5.69 Å². The highest BCUT2D eigenvalue weighted by Crippen LogP contribution is 2.38. The van der Waals surface area contributed by atoms with E-state index in [9.17, 15) is 0 Å². The monoisotopic (exact) mass is 1310 g/mol. The number of hydrogen-bond acceptors (Lipinski definition) is 10. The van der Waals surface area contributed by atoms with Gasteiger partial charge >= 0.3 is 0 Å². The van der Waals surface area contributed by atoms with Crippen LogP contribution in [0.15, 0.2) is 223 Å². The summed E-state index contributed by atoms with van der Waals surface area (Å²) in [6.45, 7) is 7.08. The third-order valence-corrected chi connectivity index (χ3v) is 17.9. The van der Waals surface area contributed by atoms with E-state index in [0.717, 1.165) is 140 Å². The Bertz CT molecular complexity index is 3960. The van der Waals surface area contributed by atoms with E-state index in [4.69, 9.17) is 29.5 Å². The van der Waals surface area contributed by atoms with Crippen molar-refractivity contribution in [1.82, 2.24) is 34.9 Å². The fraction of sp³-hybridized carbons (Fsp3) is 0.341. The number of aryl methyl sites for hydroxylation is 2. The minimum atomic E-state index is 0.682. The number of ether oxygens (including phenoxy) is 2. The van der Waals surface area contributed by atoms with E-state index in [1.807, 2.05) is 127 Å². The molecule has 0 spiro atoms. The molecule has 11 nitrogen and oxygen atoms in total. The zero-order valence-electron chi connectivity index (χ0n) is 58.3. The van der Waals surface area contributed by atoms with Crippen LogP contribution in [0.2, 0.25) is 0 Å². The highest BCUT2D eigenvalue weighted by Gasteiger charge is 2.16. The Morgan fingerprint density at radius 3 is 1.12 bits per heavy atom. The first-order valence-electron chi connectivity index (χ1n) is 36.6. The second kappa shape index (κ2) is 41.2. The number of nitrogens with zero attached hydrogens (tertiary/aromatic N) is 9. The van der Waals surface area contributed by atoms with Gasteiger partial charge in [-0.05, 0) is 203 Å². The topological polar surface area (TPSA) is 124 Å². The molecule has 10 aromatic rings. The van der Waals surface area contributed by atoms with E-state index in [-0.39, 0.29) is 0 Å². The second-order valence-corrected chi connectivity index (χ2v) is 25.4. The Balaban J connectivity index is 0.714. The molecule has 0 amide bonds. The van der Waals surface area contributed by atoms with Gasteiger partial charge in [0, 0.05) is 70.9 Å². The number of pyridine rings is 6. The maximum atomic E-state index is 6.37. The first-order chi connectivity index (χ1) is 49.0. The summed E-state index contributed by atoms with van der Waals surface area (Å²) in [5.41, 5.74) is 15.7. The molecule has 11 heteroatoms. The van der Waals surface area contributed by atoms with Gasteiger partial charge in [-0.25, -0.2) is 4.98 Å². The Kier molecular flexibility index (Phi) is 29.8. The minimum absolute atomic E-state index is 0.682. The normalized spacial score (nSPS) is 11.1. The molecule has 6 aromatic heterocycles. The average Bonchev–Trinajstić information content (AvgIpc) is 0.789. The summed E-state index contributed by atoms with van der Waals surface area (Å²) in [5.74, 6) is 15.5. The van der Waals surface area contributed by atoms with Gasteiger partial charge in [-0.3, -0.25) is 29.9 Å². The molecule has 99 heavy (non-hydrogen) atoms. The maximum absolute atomic E-state index is 6.37. The smallest absolute Gasteiger partial charge is 0.119 e. The maximum Gasteiger partial charge on any atom is 0.119 e. The summed E-state index contributed by atoms with van der Waals surface area (Å²) in [7, 11) is 0. The van der Waals surface area contributed by atoms with Crippen molar-refractivity contribution < 1.29 is 9.47 Å². The molecule has 0 aliphatic heterocycles. The average molecular weight is 1310 g/mol. The second-order valence-electron chi connectivity index (χ2n) is 25.4. The zero-order chi connectivity index (χ0) is 68.0. The van der Waals surface area contributed by atoms with Gasteiger partial charge in [0.05, 0.1) is 53.1 Å². The summed E-state index contributed by atoms with van der Waals surface area (Å²) in [5, 5.41) is 11.5. The van der Waals surface area contributed by atoms with Gasteiger partial charge in [0.2, 0.25) is 0 Å².